The van der Waals surface area contributed by atoms with Gasteiger partial charge in [-0.05, 0) is 19.3 Å². The predicted octanol–water partition coefficient (Wildman–Crippen LogP) is 4.05. The van der Waals surface area contributed by atoms with Crippen molar-refractivity contribution in [1.82, 2.24) is 0 Å². The van der Waals surface area contributed by atoms with Gasteiger partial charge in [0.1, 0.15) is 13.2 Å². The van der Waals surface area contributed by atoms with E-state index in [-0.39, 0.29) is 32.5 Å². The predicted molar refractivity (Wildman–Crippen MR) is 104 cm³/mol. The van der Waals surface area contributed by atoms with Gasteiger partial charge in [0.05, 0.1) is 12.8 Å². The molecule has 0 N–H and O–H groups in total. The Labute approximate surface area is 162 Å². The number of ether oxygens (including phenoxy) is 3. The van der Waals surface area contributed by atoms with Gasteiger partial charge >= 0.3 is 17.9 Å². The molecular weight excluding hydrogens is 348 g/mol. The smallest absolute Gasteiger partial charge is 0.310 e. The zero-order valence-corrected chi connectivity index (χ0v) is 16.6. The topological polar surface area (TPSA) is 78.9 Å². The molecule has 0 spiro atoms. The second-order valence-electron chi connectivity index (χ2n) is 5.71. The number of allylic oxidation sites excluding steroid dienone is 4. The van der Waals surface area contributed by atoms with Crippen LogP contribution in [0.5, 0.6) is 0 Å². The van der Waals surface area contributed by atoms with Crippen LogP contribution in [0, 0.1) is 0 Å². The minimum atomic E-state index is -0.816. The maximum Gasteiger partial charge on any atom is 0.310 e. The van der Waals surface area contributed by atoms with Crippen LogP contribution >= 0.6 is 0 Å². The van der Waals surface area contributed by atoms with E-state index in [1.165, 1.54) is 0 Å². The monoisotopic (exact) mass is 380 g/mol. The summed E-state index contributed by atoms with van der Waals surface area (Å²) in [6.07, 6.45) is 13.5. The molecule has 0 aromatic rings. The molecule has 0 saturated heterocycles. The fraction of sp³-hybridized carbons (Fsp3) is 0.571. The zero-order valence-electron chi connectivity index (χ0n) is 16.6. The van der Waals surface area contributed by atoms with Crippen molar-refractivity contribution in [3.63, 3.8) is 0 Å². The van der Waals surface area contributed by atoms with Crippen LogP contribution in [0.15, 0.2) is 36.5 Å². The highest BCUT2D eigenvalue weighted by Crippen LogP contribution is 2.03. The number of hydrogen-bond acceptors (Lipinski definition) is 6. The minimum Gasteiger partial charge on any atom is -0.462 e. The van der Waals surface area contributed by atoms with Gasteiger partial charge in [-0.3, -0.25) is 14.4 Å². The van der Waals surface area contributed by atoms with Crippen molar-refractivity contribution in [2.75, 3.05) is 13.2 Å². The van der Waals surface area contributed by atoms with Crippen molar-refractivity contribution in [3.05, 3.63) is 36.5 Å². The molecule has 6 nitrogen and oxygen atoms in total. The van der Waals surface area contributed by atoms with Gasteiger partial charge in [-0.2, -0.15) is 0 Å². The summed E-state index contributed by atoms with van der Waals surface area (Å²) in [5.74, 6) is -1.30. The van der Waals surface area contributed by atoms with Gasteiger partial charge in [0, 0.05) is 6.42 Å². The third-order valence-electron chi connectivity index (χ3n) is 3.26. The normalized spacial score (nSPS) is 12.6. The first-order valence-electron chi connectivity index (χ1n) is 9.49. The number of esters is 3. The molecule has 0 heterocycles. The van der Waals surface area contributed by atoms with Gasteiger partial charge in [0.2, 0.25) is 0 Å². The van der Waals surface area contributed by atoms with E-state index in [1.54, 1.807) is 19.1 Å². The molecule has 0 bridgehead atoms. The lowest BCUT2D eigenvalue weighted by Gasteiger charge is -2.17. The van der Waals surface area contributed by atoms with Crippen molar-refractivity contribution in [3.8, 4) is 0 Å². The lowest BCUT2D eigenvalue weighted by molar-refractivity contribution is -0.165. The van der Waals surface area contributed by atoms with Gasteiger partial charge in [-0.15, -0.1) is 0 Å². The molecule has 6 heteroatoms. The molecule has 152 valence electrons. The van der Waals surface area contributed by atoms with E-state index in [2.05, 4.69) is 13.0 Å². The third-order valence-corrected chi connectivity index (χ3v) is 3.26. The molecule has 0 aromatic heterocycles. The van der Waals surface area contributed by atoms with Gasteiger partial charge in [-0.1, -0.05) is 57.2 Å². The van der Waals surface area contributed by atoms with Crippen molar-refractivity contribution in [2.24, 2.45) is 0 Å². The van der Waals surface area contributed by atoms with Gasteiger partial charge in [0.25, 0.3) is 0 Å². The van der Waals surface area contributed by atoms with Crippen LogP contribution in [0.2, 0.25) is 0 Å². The van der Waals surface area contributed by atoms with Crippen molar-refractivity contribution in [2.45, 2.75) is 65.4 Å². The number of hydrogen-bond donors (Lipinski definition) is 0. The number of rotatable bonds is 14. The second-order valence-corrected chi connectivity index (χ2v) is 5.71. The van der Waals surface area contributed by atoms with E-state index >= 15 is 0 Å². The summed E-state index contributed by atoms with van der Waals surface area (Å²) < 4.78 is 15.4. The first kappa shape index (κ1) is 24.6. The molecule has 27 heavy (non-hydrogen) atoms. The SMILES string of the molecule is CC/C=C\C/C=C\CC(=O)OCC(COC(=O)CC)OC(=O)C/C=C\CC. The van der Waals surface area contributed by atoms with E-state index in [0.717, 1.165) is 19.3 Å². The van der Waals surface area contributed by atoms with Crippen LogP contribution in [0.4, 0.5) is 0 Å². The Morgan fingerprint density at radius 2 is 1.22 bits per heavy atom. The number of carbonyl (C=O) groups excluding carboxylic acids is 3. The van der Waals surface area contributed by atoms with Crippen LogP contribution in [0.1, 0.15) is 59.3 Å². The third kappa shape index (κ3) is 15.6. The largest absolute Gasteiger partial charge is 0.462 e. The van der Waals surface area contributed by atoms with E-state index in [1.807, 2.05) is 25.2 Å². The first-order chi connectivity index (χ1) is 13.0. The molecule has 0 aliphatic carbocycles. The highest BCUT2D eigenvalue weighted by Gasteiger charge is 2.18. The fourth-order valence-corrected chi connectivity index (χ4v) is 1.85. The average Bonchev–Trinajstić information content (AvgIpc) is 2.66. The molecule has 0 saturated carbocycles. The lowest BCUT2D eigenvalue weighted by atomic mass is 10.3. The van der Waals surface area contributed by atoms with Crippen molar-refractivity contribution in [1.29, 1.82) is 0 Å². The Hall–Kier alpha value is -2.37. The fourth-order valence-electron chi connectivity index (χ4n) is 1.85. The highest BCUT2D eigenvalue weighted by atomic mass is 16.6. The summed E-state index contributed by atoms with van der Waals surface area (Å²) in [7, 11) is 0. The Kier molecular flexibility index (Phi) is 15.6. The minimum absolute atomic E-state index is 0.119. The van der Waals surface area contributed by atoms with Gasteiger partial charge in [-0.25, -0.2) is 0 Å². The summed E-state index contributed by atoms with van der Waals surface area (Å²) in [5, 5.41) is 0. The maximum absolute atomic E-state index is 11.8. The van der Waals surface area contributed by atoms with Crippen LogP contribution in [-0.2, 0) is 28.6 Å². The van der Waals surface area contributed by atoms with Crippen LogP contribution in [0.3, 0.4) is 0 Å². The Morgan fingerprint density at radius 3 is 1.85 bits per heavy atom. The Bertz CT molecular complexity index is 519. The first-order valence-corrected chi connectivity index (χ1v) is 9.49. The highest BCUT2D eigenvalue weighted by molar-refractivity contribution is 5.72. The summed E-state index contributed by atoms with van der Waals surface area (Å²) >= 11 is 0. The zero-order chi connectivity index (χ0) is 20.3. The van der Waals surface area contributed by atoms with Crippen molar-refractivity contribution < 1.29 is 28.6 Å². The van der Waals surface area contributed by atoms with Gasteiger partial charge < -0.3 is 14.2 Å². The molecule has 0 rings (SSSR count). The molecule has 0 aromatic carbocycles. The van der Waals surface area contributed by atoms with E-state index in [4.69, 9.17) is 14.2 Å². The molecule has 1 atom stereocenters. The second kappa shape index (κ2) is 17.1. The molecule has 0 radical (unpaired) electrons. The lowest BCUT2D eigenvalue weighted by Crippen LogP contribution is -2.30. The van der Waals surface area contributed by atoms with Gasteiger partial charge in [0.15, 0.2) is 6.10 Å². The molecular formula is C21H32O6. The summed E-state index contributed by atoms with van der Waals surface area (Å²) in [6, 6.07) is 0. The average molecular weight is 380 g/mol. The molecule has 0 fully saturated rings. The molecule has 0 aliphatic heterocycles. The standard InChI is InChI=1S/C21H32O6/c1-4-7-9-10-11-13-14-20(23)26-17-18(16-25-19(22)6-3)27-21(24)15-12-8-5-2/h7-9,11-13,18H,4-6,10,14-17H2,1-3H3/b9-7-,12-8-,13-11-. The Balaban J connectivity index is 4.40. The van der Waals surface area contributed by atoms with Crippen LogP contribution in [0.25, 0.3) is 0 Å². The maximum atomic E-state index is 11.8. The quantitative estimate of drug-likeness (QED) is 0.257. The summed E-state index contributed by atoms with van der Waals surface area (Å²) in [5.41, 5.74) is 0. The Morgan fingerprint density at radius 1 is 0.704 bits per heavy atom. The summed E-state index contributed by atoms with van der Waals surface area (Å²) in [4.78, 5) is 34.9. The number of carbonyl (C=O) groups is 3. The molecule has 0 aliphatic rings. The van der Waals surface area contributed by atoms with Crippen LogP contribution in [-0.4, -0.2) is 37.2 Å². The summed E-state index contributed by atoms with van der Waals surface area (Å²) in [6.45, 7) is 5.39. The molecule has 1 unspecified atom stereocenters. The van der Waals surface area contributed by atoms with E-state index < -0.39 is 24.0 Å². The molecule has 0 amide bonds. The van der Waals surface area contributed by atoms with Crippen LogP contribution < -0.4 is 0 Å². The van der Waals surface area contributed by atoms with Crippen molar-refractivity contribution >= 4 is 17.9 Å². The van der Waals surface area contributed by atoms with E-state index in [9.17, 15) is 14.4 Å². The van der Waals surface area contributed by atoms with E-state index in [0.29, 0.717) is 0 Å².